The molecule has 3 heterocycles. The molecule has 6 heteroatoms. The first-order valence-corrected chi connectivity index (χ1v) is 14.8. The van der Waals surface area contributed by atoms with E-state index in [0.29, 0.717) is 5.92 Å². The Balaban J connectivity index is 1.25. The highest BCUT2D eigenvalue weighted by Gasteiger charge is 2.32. The average molecular weight is 545 g/mol. The molecule has 0 aliphatic carbocycles. The van der Waals surface area contributed by atoms with Crippen molar-refractivity contribution in [2.45, 2.75) is 58.5 Å². The summed E-state index contributed by atoms with van der Waals surface area (Å²) in [5.74, 6) is 1.59. The van der Waals surface area contributed by atoms with Gasteiger partial charge >= 0.3 is 0 Å². The molecule has 3 aromatic carbocycles. The maximum Gasteiger partial charge on any atom is 0.130 e. The summed E-state index contributed by atoms with van der Waals surface area (Å²) >= 11 is 0. The van der Waals surface area contributed by atoms with E-state index < -0.39 is 0 Å². The molecule has 1 aliphatic rings. The highest BCUT2D eigenvalue weighted by Crippen LogP contribution is 2.37. The second-order valence-electron chi connectivity index (χ2n) is 11.7. The van der Waals surface area contributed by atoms with Gasteiger partial charge in [0.25, 0.3) is 0 Å². The van der Waals surface area contributed by atoms with Gasteiger partial charge in [0.05, 0.1) is 41.3 Å². The van der Waals surface area contributed by atoms with Gasteiger partial charge < -0.3 is 20.2 Å². The lowest BCUT2D eigenvalue weighted by molar-refractivity contribution is 0.278. The summed E-state index contributed by atoms with van der Waals surface area (Å²) in [7, 11) is 0. The molecular weight excluding hydrogens is 504 g/mol. The number of imidazole rings is 2. The van der Waals surface area contributed by atoms with Crippen LogP contribution in [0.3, 0.4) is 0 Å². The van der Waals surface area contributed by atoms with Crippen LogP contribution in [0.1, 0.15) is 58.3 Å². The number of allylic oxidation sites excluding steroid dienone is 1. The predicted molar refractivity (Wildman–Crippen MR) is 170 cm³/mol. The van der Waals surface area contributed by atoms with Gasteiger partial charge in [0.2, 0.25) is 0 Å². The van der Waals surface area contributed by atoms with Gasteiger partial charge in [-0.3, -0.25) is 0 Å². The molecule has 0 unspecified atom stereocenters. The van der Waals surface area contributed by atoms with Crippen molar-refractivity contribution in [2.75, 3.05) is 6.54 Å². The molecule has 41 heavy (non-hydrogen) atoms. The van der Waals surface area contributed by atoms with Gasteiger partial charge in [0.1, 0.15) is 5.82 Å². The number of likely N-dealkylation sites (tertiary alicyclic amines) is 1. The van der Waals surface area contributed by atoms with Gasteiger partial charge in [-0.1, -0.05) is 64.3 Å². The fraction of sp³-hybridized carbons (Fsp3) is 0.314. The van der Waals surface area contributed by atoms with Crippen molar-refractivity contribution < 1.29 is 0 Å². The second kappa shape index (κ2) is 11.3. The monoisotopic (exact) mass is 544 g/mol. The number of fused-ring (bicyclic) bond motifs is 2. The zero-order chi connectivity index (χ0) is 28.5. The van der Waals surface area contributed by atoms with Crippen molar-refractivity contribution in [1.82, 2.24) is 30.2 Å². The quantitative estimate of drug-likeness (QED) is 0.165. The fourth-order valence-electron chi connectivity index (χ4n) is 6.07. The molecule has 0 saturated carbocycles. The number of H-pyrrole nitrogens is 2. The molecule has 0 spiro atoms. The largest absolute Gasteiger partial charge is 0.381 e. The maximum absolute atomic E-state index is 5.06. The topological polar surface area (TPSA) is 72.6 Å². The zero-order valence-electron chi connectivity index (χ0n) is 24.4. The van der Waals surface area contributed by atoms with Crippen LogP contribution in [0.15, 0.2) is 91.7 Å². The van der Waals surface area contributed by atoms with Crippen molar-refractivity contribution in [1.29, 1.82) is 0 Å². The van der Waals surface area contributed by atoms with Crippen molar-refractivity contribution >= 4 is 21.8 Å². The van der Waals surface area contributed by atoms with Crippen LogP contribution in [0.2, 0.25) is 0 Å². The second-order valence-corrected chi connectivity index (χ2v) is 11.7. The first-order chi connectivity index (χ1) is 19.9. The Kier molecular flexibility index (Phi) is 7.39. The summed E-state index contributed by atoms with van der Waals surface area (Å²) in [4.78, 5) is 18.5. The summed E-state index contributed by atoms with van der Waals surface area (Å²) in [6, 6.07) is 20.1. The number of aromatic amines is 2. The molecule has 2 atom stereocenters. The smallest absolute Gasteiger partial charge is 0.130 e. The van der Waals surface area contributed by atoms with E-state index in [1.165, 1.54) is 21.9 Å². The third-order valence-corrected chi connectivity index (χ3v) is 8.33. The van der Waals surface area contributed by atoms with E-state index in [9.17, 15) is 0 Å². The number of benzene rings is 3. The van der Waals surface area contributed by atoms with E-state index in [0.717, 1.165) is 71.7 Å². The summed E-state index contributed by atoms with van der Waals surface area (Å²) in [6.45, 7) is 16.5. The standard InChI is InChI=1S/C35H40N6/c1-6-23(4)38-31(16-22(2)3)24(5)41-15-7-8-34(41)35-39-30-14-13-28(19-32(30)40-35)26-9-10-27-18-29(12-11-25(27)17-26)33-20-36-21-37-33/h9-14,17-22,31,34,38H,4-8,15-16H2,1-3H3,(H,36,37)(H,39,40)/t31-,34-/m0/s1. The van der Waals surface area contributed by atoms with Crippen LogP contribution < -0.4 is 5.32 Å². The van der Waals surface area contributed by atoms with Gasteiger partial charge in [0, 0.05) is 23.5 Å². The third-order valence-electron chi connectivity index (χ3n) is 8.33. The van der Waals surface area contributed by atoms with E-state index in [4.69, 9.17) is 4.98 Å². The van der Waals surface area contributed by atoms with E-state index in [1.807, 2.05) is 6.20 Å². The van der Waals surface area contributed by atoms with E-state index in [2.05, 4.69) is 114 Å². The number of aromatic nitrogens is 4. The van der Waals surface area contributed by atoms with Crippen LogP contribution in [0, 0.1) is 5.92 Å². The van der Waals surface area contributed by atoms with Crippen LogP contribution in [0.4, 0.5) is 0 Å². The van der Waals surface area contributed by atoms with Gasteiger partial charge in [0.15, 0.2) is 0 Å². The normalized spacial score (nSPS) is 16.1. The highest BCUT2D eigenvalue weighted by molar-refractivity contribution is 5.91. The maximum atomic E-state index is 5.06. The van der Waals surface area contributed by atoms with Crippen LogP contribution in [0.5, 0.6) is 0 Å². The highest BCUT2D eigenvalue weighted by atomic mass is 15.2. The lowest BCUT2D eigenvalue weighted by atomic mass is 9.99. The van der Waals surface area contributed by atoms with Crippen LogP contribution in [-0.4, -0.2) is 37.4 Å². The Morgan fingerprint density at radius 3 is 2.49 bits per heavy atom. The molecule has 2 aromatic heterocycles. The Morgan fingerprint density at radius 2 is 1.76 bits per heavy atom. The average Bonchev–Trinajstić information content (AvgIpc) is 3.76. The molecular formula is C35H40N6. The Labute approximate surface area is 242 Å². The fourth-order valence-corrected chi connectivity index (χ4v) is 6.07. The molecule has 1 fully saturated rings. The summed E-state index contributed by atoms with van der Waals surface area (Å²) in [6.07, 6.45) is 7.72. The van der Waals surface area contributed by atoms with Gasteiger partial charge in [-0.05, 0) is 77.8 Å². The lowest BCUT2D eigenvalue weighted by Crippen LogP contribution is -2.38. The van der Waals surface area contributed by atoms with Crippen molar-refractivity contribution in [3.05, 3.63) is 97.5 Å². The van der Waals surface area contributed by atoms with Crippen LogP contribution >= 0.6 is 0 Å². The minimum absolute atomic E-state index is 0.183. The Morgan fingerprint density at radius 1 is 1.02 bits per heavy atom. The molecule has 210 valence electrons. The van der Waals surface area contributed by atoms with Crippen LogP contribution in [0.25, 0.3) is 44.2 Å². The lowest BCUT2D eigenvalue weighted by Gasteiger charge is -2.34. The SMILES string of the molecule is C=C(CC)N[C@@H](CC(C)C)C(=C)N1CCC[C@H]1c1nc2ccc(-c3ccc4cc(-c5cnc[nH]5)ccc4c3)cc2[nH]1. The zero-order valence-corrected chi connectivity index (χ0v) is 24.4. The predicted octanol–water partition coefficient (Wildman–Crippen LogP) is 8.35. The molecule has 6 rings (SSSR count). The molecule has 5 aromatic rings. The minimum atomic E-state index is 0.183. The number of rotatable bonds is 10. The van der Waals surface area contributed by atoms with Crippen molar-refractivity contribution in [3.8, 4) is 22.4 Å². The molecule has 6 nitrogen and oxygen atoms in total. The van der Waals surface area contributed by atoms with Gasteiger partial charge in [-0.2, -0.15) is 0 Å². The van der Waals surface area contributed by atoms with Gasteiger partial charge in [-0.15, -0.1) is 0 Å². The number of nitrogens with one attached hydrogen (secondary N) is 3. The first kappa shape index (κ1) is 26.9. The first-order valence-electron chi connectivity index (χ1n) is 14.8. The van der Waals surface area contributed by atoms with E-state index in [1.54, 1.807) is 6.33 Å². The summed E-state index contributed by atoms with van der Waals surface area (Å²) in [5.41, 5.74) is 8.82. The molecule has 1 aliphatic heterocycles. The molecule has 3 N–H and O–H groups in total. The van der Waals surface area contributed by atoms with E-state index in [-0.39, 0.29) is 12.1 Å². The van der Waals surface area contributed by atoms with Gasteiger partial charge in [-0.25, -0.2) is 9.97 Å². The van der Waals surface area contributed by atoms with Crippen LogP contribution in [-0.2, 0) is 0 Å². The Bertz CT molecular complexity index is 1690. The number of nitrogens with zero attached hydrogens (tertiary/aromatic N) is 3. The van der Waals surface area contributed by atoms with Crippen molar-refractivity contribution in [3.63, 3.8) is 0 Å². The molecule has 1 saturated heterocycles. The molecule has 0 radical (unpaired) electrons. The number of hydrogen-bond acceptors (Lipinski definition) is 4. The summed E-state index contributed by atoms with van der Waals surface area (Å²) in [5, 5.41) is 6.07. The minimum Gasteiger partial charge on any atom is -0.381 e. The van der Waals surface area contributed by atoms with Crippen molar-refractivity contribution in [2.24, 2.45) is 5.92 Å². The van der Waals surface area contributed by atoms with E-state index >= 15 is 0 Å². The molecule has 0 amide bonds. The summed E-state index contributed by atoms with van der Waals surface area (Å²) < 4.78 is 0. The Hall–Kier alpha value is -4.32. The number of hydrogen-bond donors (Lipinski definition) is 3. The molecule has 0 bridgehead atoms. The third kappa shape index (κ3) is 5.51.